The number of rotatable bonds is 8. The first-order valence-corrected chi connectivity index (χ1v) is 10.6. The van der Waals surface area contributed by atoms with E-state index >= 15 is 0 Å². The highest BCUT2D eigenvalue weighted by Crippen LogP contribution is 2.26. The molecule has 164 valence electrons. The van der Waals surface area contributed by atoms with Gasteiger partial charge in [0.1, 0.15) is 12.4 Å². The molecular weight excluding hydrogens is 449 g/mol. The van der Waals surface area contributed by atoms with Crippen molar-refractivity contribution in [1.29, 1.82) is 0 Å². The minimum atomic E-state index is -0.838. The molecule has 3 aromatic carbocycles. The topological polar surface area (TPSA) is 79.8 Å². The second-order valence-corrected chi connectivity index (χ2v) is 7.57. The molecule has 0 aliphatic rings. The van der Waals surface area contributed by atoms with Crippen molar-refractivity contribution in [3.05, 3.63) is 99.5 Å². The Hall–Kier alpha value is -3.35. The van der Waals surface area contributed by atoms with Crippen LogP contribution in [0.4, 0.5) is 0 Å². The van der Waals surface area contributed by atoms with Gasteiger partial charge in [-0.2, -0.15) is 5.10 Å². The Morgan fingerprint density at radius 3 is 2.38 bits per heavy atom. The molecule has 0 bridgehead atoms. The molecule has 0 unspecified atom stereocenters. The van der Waals surface area contributed by atoms with E-state index in [9.17, 15) is 9.59 Å². The summed E-state index contributed by atoms with van der Waals surface area (Å²) in [6.07, 6.45) is 2.06. The van der Waals surface area contributed by atoms with Crippen LogP contribution in [0, 0.1) is 0 Å². The first-order valence-electron chi connectivity index (χ1n) is 9.84. The Balaban J connectivity index is 1.46. The summed E-state index contributed by atoms with van der Waals surface area (Å²) in [5.41, 5.74) is 4.66. The fraction of sp³-hybridized carbons (Fsp3) is 0.125. The first kappa shape index (κ1) is 23.3. The molecule has 0 heterocycles. The van der Waals surface area contributed by atoms with Crippen LogP contribution in [0.15, 0.2) is 77.9 Å². The van der Waals surface area contributed by atoms with Crippen LogP contribution in [0.3, 0.4) is 0 Å². The number of carbonyl (C=O) groups is 2. The standard InChI is InChI=1S/C24H21Cl2N3O3/c25-21-10-5-11-22(26)20(21)16-32-19-9-4-8-18(14-19)15-28-29-24(31)23(30)27-13-12-17-6-2-1-3-7-17/h1-11,14-15H,12-13,16H2,(H,27,30)(H,29,31)/b28-15-. The Labute approximate surface area is 196 Å². The molecule has 0 aliphatic carbocycles. The number of nitrogens with one attached hydrogen (secondary N) is 2. The quantitative estimate of drug-likeness (QED) is 0.291. The zero-order chi connectivity index (χ0) is 22.8. The second-order valence-electron chi connectivity index (χ2n) is 6.75. The van der Waals surface area contributed by atoms with E-state index in [2.05, 4.69) is 15.8 Å². The van der Waals surface area contributed by atoms with Crippen molar-refractivity contribution < 1.29 is 14.3 Å². The maximum absolute atomic E-state index is 11.9. The molecule has 2 N–H and O–H groups in total. The van der Waals surface area contributed by atoms with Crippen LogP contribution in [0.25, 0.3) is 0 Å². The molecule has 0 saturated heterocycles. The predicted molar refractivity (Wildman–Crippen MR) is 126 cm³/mol. The number of ether oxygens (including phenoxy) is 1. The number of hydrazone groups is 1. The van der Waals surface area contributed by atoms with Crippen LogP contribution in [-0.2, 0) is 22.6 Å². The van der Waals surface area contributed by atoms with Crippen molar-refractivity contribution in [1.82, 2.24) is 10.7 Å². The molecule has 0 atom stereocenters. The molecule has 6 nitrogen and oxygen atoms in total. The van der Waals surface area contributed by atoms with Crippen molar-refractivity contribution in [2.24, 2.45) is 5.10 Å². The Kier molecular flexibility index (Phi) is 8.66. The first-order chi connectivity index (χ1) is 15.5. The lowest BCUT2D eigenvalue weighted by molar-refractivity contribution is -0.139. The van der Waals surface area contributed by atoms with Crippen molar-refractivity contribution in [2.75, 3.05) is 6.54 Å². The van der Waals surface area contributed by atoms with Gasteiger partial charge in [0.15, 0.2) is 0 Å². The van der Waals surface area contributed by atoms with Crippen LogP contribution in [0.1, 0.15) is 16.7 Å². The van der Waals surface area contributed by atoms with Gasteiger partial charge in [0.05, 0.1) is 6.21 Å². The lowest BCUT2D eigenvalue weighted by Gasteiger charge is -2.09. The molecule has 8 heteroatoms. The van der Waals surface area contributed by atoms with E-state index in [4.69, 9.17) is 27.9 Å². The van der Waals surface area contributed by atoms with Gasteiger partial charge in [0, 0.05) is 22.2 Å². The highest BCUT2D eigenvalue weighted by molar-refractivity contribution is 6.36. The number of hydrogen-bond donors (Lipinski definition) is 2. The molecule has 32 heavy (non-hydrogen) atoms. The predicted octanol–water partition coefficient (Wildman–Crippen LogP) is 4.38. The number of hydrogen-bond acceptors (Lipinski definition) is 4. The van der Waals surface area contributed by atoms with Gasteiger partial charge in [-0.25, -0.2) is 5.43 Å². The van der Waals surface area contributed by atoms with E-state index in [1.54, 1.807) is 42.5 Å². The van der Waals surface area contributed by atoms with Gasteiger partial charge in [-0.05, 0) is 41.8 Å². The van der Waals surface area contributed by atoms with E-state index < -0.39 is 11.8 Å². The van der Waals surface area contributed by atoms with E-state index in [1.807, 2.05) is 30.3 Å². The largest absolute Gasteiger partial charge is 0.489 e. The lowest BCUT2D eigenvalue weighted by atomic mass is 10.1. The van der Waals surface area contributed by atoms with Crippen LogP contribution >= 0.6 is 23.2 Å². The number of halogens is 2. The van der Waals surface area contributed by atoms with Gasteiger partial charge in [-0.1, -0.05) is 71.7 Å². The molecular formula is C24H21Cl2N3O3. The van der Waals surface area contributed by atoms with Gasteiger partial charge < -0.3 is 10.1 Å². The molecule has 0 fully saturated rings. The molecule has 0 aliphatic heterocycles. The van der Waals surface area contributed by atoms with Crippen LogP contribution in [0.2, 0.25) is 10.0 Å². The van der Waals surface area contributed by atoms with Gasteiger partial charge in [-0.3, -0.25) is 9.59 Å². The third kappa shape index (κ3) is 7.11. The molecule has 2 amide bonds. The average Bonchev–Trinajstić information content (AvgIpc) is 2.79. The van der Waals surface area contributed by atoms with Crippen molar-refractivity contribution in [2.45, 2.75) is 13.0 Å². The van der Waals surface area contributed by atoms with E-state index in [1.165, 1.54) is 6.21 Å². The smallest absolute Gasteiger partial charge is 0.329 e. The maximum Gasteiger partial charge on any atom is 0.329 e. The molecule has 0 saturated carbocycles. The summed E-state index contributed by atoms with van der Waals surface area (Å²) >= 11 is 12.3. The summed E-state index contributed by atoms with van der Waals surface area (Å²) in [7, 11) is 0. The Morgan fingerprint density at radius 2 is 1.62 bits per heavy atom. The van der Waals surface area contributed by atoms with E-state index in [0.29, 0.717) is 39.9 Å². The summed E-state index contributed by atoms with van der Waals surface area (Å²) in [5, 5.41) is 7.45. The van der Waals surface area contributed by atoms with Crippen molar-refractivity contribution in [3.8, 4) is 5.75 Å². The molecule has 0 spiro atoms. The maximum atomic E-state index is 11.9. The van der Waals surface area contributed by atoms with E-state index in [0.717, 1.165) is 5.56 Å². The average molecular weight is 470 g/mol. The molecule has 0 aromatic heterocycles. The fourth-order valence-electron chi connectivity index (χ4n) is 2.77. The summed E-state index contributed by atoms with van der Waals surface area (Å²) in [6.45, 7) is 0.563. The van der Waals surface area contributed by atoms with Gasteiger partial charge in [0.2, 0.25) is 0 Å². The summed E-state index contributed by atoms with van der Waals surface area (Å²) in [5.74, 6) is -1.00. The van der Waals surface area contributed by atoms with Crippen molar-refractivity contribution in [3.63, 3.8) is 0 Å². The molecule has 3 rings (SSSR count). The monoisotopic (exact) mass is 469 g/mol. The summed E-state index contributed by atoms with van der Waals surface area (Å²) in [6, 6.07) is 22.0. The summed E-state index contributed by atoms with van der Waals surface area (Å²) < 4.78 is 5.76. The SMILES string of the molecule is O=C(NCCc1ccccc1)C(=O)N/N=C\c1cccc(OCc2c(Cl)cccc2Cl)c1. The van der Waals surface area contributed by atoms with Crippen LogP contribution < -0.4 is 15.5 Å². The van der Waals surface area contributed by atoms with Crippen LogP contribution in [-0.4, -0.2) is 24.6 Å². The highest BCUT2D eigenvalue weighted by Gasteiger charge is 2.11. The third-order valence-corrected chi connectivity index (χ3v) is 5.14. The Morgan fingerprint density at radius 1 is 0.906 bits per heavy atom. The zero-order valence-corrected chi connectivity index (χ0v) is 18.6. The zero-order valence-electron chi connectivity index (χ0n) is 17.1. The van der Waals surface area contributed by atoms with E-state index in [-0.39, 0.29) is 6.61 Å². The number of nitrogens with zero attached hydrogens (tertiary/aromatic N) is 1. The number of amides is 2. The third-order valence-electron chi connectivity index (χ3n) is 4.43. The van der Waals surface area contributed by atoms with Gasteiger partial charge in [0.25, 0.3) is 0 Å². The normalized spacial score (nSPS) is 10.7. The molecule has 0 radical (unpaired) electrons. The minimum absolute atomic E-state index is 0.207. The fourth-order valence-corrected chi connectivity index (χ4v) is 3.28. The van der Waals surface area contributed by atoms with Gasteiger partial charge in [-0.15, -0.1) is 0 Å². The minimum Gasteiger partial charge on any atom is -0.489 e. The van der Waals surface area contributed by atoms with Crippen LogP contribution in [0.5, 0.6) is 5.75 Å². The Bertz CT molecular complexity index is 1080. The van der Waals surface area contributed by atoms with Crippen molar-refractivity contribution >= 4 is 41.2 Å². The second kappa shape index (κ2) is 11.9. The number of carbonyl (C=O) groups excluding carboxylic acids is 2. The highest BCUT2D eigenvalue weighted by atomic mass is 35.5. The lowest BCUT2D eigenvalue weighted by Crippen LogP contribution is -2.38. The van der Waals surface area contributed by atoms with Gasteiger partial charge >= 0.3 is 11.8 Å². The summed E-state index contributed by atoms with van der Waals surface area (Å²) in [4.78, 5) is 23.7. The molecule has 3 aromatic rings. The number of benzene rings is 3.